The van der Waals surface area contributed by atoms with E-state index in [9.17, 15) is 4.79 Å². The number of benzene rings is 1. The van der Waals surface area contributed by atoms with Gasteiger partial charge in [0.15, 0.2) is 5.82 Å². The molecule has 1 saturated heterocycles. The summed E-state index contributed by atoms with van der Waals surface area (Å²) in [5, 5.41) is 8.79. The molecule has 0 unspecified atom stereocenters. The summed E-state index contributed by atoms with van der Waals surface area (Å²) in [5.74, 6) is 0.521. The van der Waals surface area contributed by atoms with E-state index >= 15 is 0 Å². The monoisotopic (exact) mass is 296 g/mol. The minimum absolute atomic E-state index is 0.0827. The molecular formula is C17H20N4O. The van der Waals surface area contributed by atoms with Crippen molar-refractivity contribution in [2.75, 3.05) is 18.0 Å². The van der Waals surface area contributed by atoms with Gasteiger partial charge in [0.2, 0.25) is 5.91 Å². The largest absolute Gasteiger partial charge is 0.369 e. The van der Waals surface area contributed by atoms with Crippen LogP contribution in [0, 0.1) is 5.92 Å². The molecule has 2 heterocycles. The van der Waals surface area contributed by atoms with Crippen molar-refractivity contribution < 1.29 is 4.79 Å². The average Bonchev–Trinajstić information content (AvgIpc) is 3.05. The van der Waals surface area contributed by atoms with Gasteiger partial charge in [0.25, 0.3) is 0 Å². The third-order valence-electron chi connectivity index (χ3n) is 4.20. The summed E-state index contributed by atoms with van der Waals surface area (Å²) in [6, 6.07) is 12.2. The van der Waals surface area contributed by atoms with Gasteiger partial charge in [-0.15, -0.1) is 10.2 Å². The topological polar surface area (TPSA) is 72.1 Å². The Morgan fingerprint density at radius 2 is 2.09 bits per heavy atom. The molecule has 2 aromatic rings. The second-order valence-electron chi connectivity index (χ2n) is 5.63. The molecule has 3 rings (SSSR count). The number of primary amides is 1. The quantitative estimate of drug-likeness (QED) is 0.937. The van der Waals surface area contributed by atoms with E-state index < -0.39 is 0 Å². The van der Waals surface area contributed by atoms with E-state index in [2.05, 4.69) is 28.1 Å². The number of amides is 1. The molecule has 5 heteroatoms. The molecule has 0 saturated carbocycles. The van der Waals surface area contributed by atoms with Crippen molar-refractivity contribution in [3.05, 3.63) is 42.0 Å². The summed E-state index contributed by atoms with van der Waals surface area (Å²) < 4.78 is 0. The molecule has 22 heavy (non-hydrogen) atoms. The molecular weight excluding hydrogens is 276 g/mol. The van der Waals surface area contributed by atoms with Crippen molar-refractivity contribution in [1.82, 2.24) is 10.2 Å². The molecule has 5 nitrogen and oxygen atoms in total. The van der Waals surface area contributed by atoms with Crippen LogP contribution in [0.25, 0.3) is 11.3 Å². The molecule has 114 valence electrons. The van der Waals surface area contributed by atoms with Crippen molar-refractivity contribution in [2.45, 2.75) is 19.8 Å². The van der Waals surface area contributed by atoms with Crippen LogP contribution in [0.4, 0.5) is 5.82 Å². The molecule has 0 radical (unpaired) electrons. The van der Waals surface area contributed by atoms with E-state index in [1.807, 2.05) is 30.3 Å². The molecule has 1 fully saturated rings. The van der Waals surface area contributed by atoms with Crippen LogP contribution >= 0.6 is 0 Å². The predicted molar refractivity (Wildman–Crippen MR) is 86.4 cm³/mol. The molecule has 0 spiro atoms. The fourth-order valence-electron chi connectivity index (χ4n) is 2.88. The first kappa shape index (κ1) is 14.5. The van der Waals surface area contributed by atoms with Crippen molar-refractivity contribution in [3.8, 4) is 11.3 Å². The Hall–Kier alpha value is -2.43. The van der Waals surface area contributed by atoms with Gasteiger partial charge < -0.3 is 10.6 Å². The third kappa shape index (κ3) is 2.79. The zero-order chi connectivity index (χ0) is 15.5. The first-order chi connectivity index (χ1) is 10.7. The summed E-state index contributed by atoms with van der Waals surface area (Å²) in [6.45, 7) is 3.55. The maximum absolute atomic E-state index is 11.3. The van der Waals surface area contributed by atoms with Gasteiger partial charge in [-0.25, -0.2) is 0 Å². The standard InChI is InChI=1S/C17H20N4O/c1-2-12-10-15(21-9-8-14(11-21)17(18)22)19-20-16(12)13-6-4-3-5-7-13/h3-7,10,14H,2,8-9,11H2,1H3,(H2,18,22)/t14-/m1/s1. The summed E-state index contributed by atoms with van der Waals surface area (Å²) in [4.78, 5) is 13.4. The minimum atomic E-state index is -0.230. The van der Waals surface area contributed by atoms with E-state index in [1.54, 1.807) is 0 Å². The van der Waals surface area contributed by atoms with Crippen LogP contribution < -0.4 is 10.6 Å². The number of nitrogens with zero attached hydrogens (tertiary/aromatic N) is 3. The van der Waals surface area contributed by atoms with Gasteiger partial charge >= 0.3 is 0 Å². The van der Waals surface area contributed by atoms with Crippen LogP contribution in [-0.4, -0.2) is 29.2 Å². The maximum atomic E-state index is 11.3. The number of carbonyl (C=O) groups is 1. The van der Waals surface area contributed by atoms with Gasteiger partial charge in [0.1, 0.15) is 0 Å². The molecule has 1 aromatic carbocycles. The Labute approximate surface area is 130 Å². The van der Waals surface area contributed by atoms with Crippen LogP contribution in [0.3, 0.4) is 0 Å². The Morgan fingerprint density at radius 3 is 2.73 bits per heavy atom. The molecule has 1 aromatic heterocycles. The normalized spacial score (nSPS) is 17.7. The number of aromatic nitrogens is 2. The molecule has 1 aliphatic heterocycles. The summed E-state index contributed by atoms with van der Waals surface area (Å²) in [7, 11) is 0. The van der Waals surface area contributed by atoms with Gasteiger partial charge in [-0.05, 0) is 24.5 Å². The number of hydrogen-bond acceptors (Lipinski definition) is 4. The predicted octanol–water partition coefficient (Wildman–Crippen LogP) is 2.02. The summed E-state index contributed by atoms with van der Waals surface area (Å²) >= 11 is 0. The fourth-order valence-corrected chi connectivity index (χ4v) is 2.88. The van der Waals surface area contributed by atoms with Crippen LogP contribution in [-0.2, 0) is 11.2 Å². The summed E-state index contributed by atoms with van der Waals surface area (Å²) in [5.41, 5.74) is 8.56. The van der Waals surface area contributed by atoms with Crippen molar-refractivity contribution >= 4 is 11.7 Å². The molecule has 0 bridgehead atoms. The van der Waals surface area contributed by atoms with Crippen LogP contribution in [0.1, 0.15) is 18.9 Å². The minimum Gasteiger partial charge on any atom is -0.369 e. The lowest BCUT2D eigenvalue weighted by molar-refractivity contribution is -0.121. The maximum Gasteiger partial charge on any atom is 0.222 e. The molecule has 1 atom stereocenters. The van der Waals surface area contributed by atoms with Crippen LogP contribution in [0.5, 0.6) is 0 Å². The smallest absolute Gasteiger partial charge is 0.222 e. The Kier molecular flexibility index (Phi) is 4.04. The second kappa shape index (κ2) is 6.13. The lowest BCUT2D eigenvalue weighted by Gasteiger charge is -2.18. The lowest BCUT2D eigenvalue weighted by Crippen LogP contribution is -2.27. The van der Waals surface area contributed by atoms with E-state index in [4.69, 9.17) is 5.73 Å². The number of aryl methyl sites for hydroxylation is 1. The zero-order valence-electron chi connectivity index (χ0n) is 12.7. The third-order valence-corrected chi connectivity index (χ3v) is 4.20. The van der Waals surface area contributed by atoms with Crippen molar-refractivity contribution in [2.24, 2.45) is 11.7 Å². The van der Waals surface area contributed by atoms with E-state index in [-0.39, 0.29) is 11.8 Å². The first-order valence-electron chi connectivity index (χ1n) is 7.65. The molecule has 1 aliphatic rings. The van der Waals surface area contributed by atoms with Gasteiger partial charge in [-0.2, -0.15) is 0 Å². The number of rotatable bonds is 4. The van der Waals surface area contributed by atoms with Crippen LogP contribution in [0.2, 0.25) is 0 Å². The average molecular weight is 296 g/mol. The van der Waals surface area contributed by atoms with Gasteiger partial charge in [-0.1, -0.05) is 37.3 Å². The Balaban J connectivity index is 1.88. The molecule has 2 N–H and O–H groups in total. The van der Waals surface area contributed by atoms with Crippen molar-refractivity contribution in [1.29, 1.82) is 0 Å². The fraction of sp³-hybridized carbons (Fsp3) is 0.353. The highest BCUT2D eigenvalue weighted by molar-refractivity contribution is 5.78. The summed E-state index contributed by atoms with van der Waals surface area (Å²) in [6.07, 6.45) is 1.68. The molecule has 0 aliphatic carbocycles. The van der Waals surface area contributed by atoms with E-state index in [0.29, 0.717) is 6.54 Å². The number of carbonyl (C=O) groups excluding carboxylic acids is 1. The highest BCUT2D eigenvalue weighted by Crippen LogP contribution is 2.27. The number of hydrogen-bond donors (Lipinski definition) is 1. The van der Waals surface area contributed by atoms with E-state index in [1.165, 1.54) is 5.56 Å². The highest BCUT2D eigenvalue weighted by atomic mass is 16.1. The van der Waals surface area contributed by atoms with Crippen molar-refractivity contribution in [3.63, 3.8) is 0 Å². The number of anilines is 1. The van der Waals surface area contributed by atoms with Gasteiger partial charge in [0.05, 0.1) is 11.6 Å². The lowest BCUT2D eigenvalue weighted by atomic mass is 10.0. The zero-order valence-corrected chi connectivity index (χ0v) is 12.7. The molecule has 1 amide bonds. The number of nitrogens with two attached hydrogens (primary N) is 1. The Bertz CT molecular complexity index is 672. The highest BCUT2D eigenvalue weighted by Gasteiger charge is 2.28. The van der Waals surface area contributed by atoms with Crippen LogP contribution in [0.15, 0.2) is 36.4 Å². The van der Waals surface area contributed by atoms with E-state index in [0.717, 1.165) is 36.5 Å². The Morgan fingerprint density at radius 1 is 1.32 bits per heavy atom. The van der Waals surface area contributed by atoms with Gasteiger partial charge in [0, 0.05) is 18.7 Å². The van der Waals surface area contributed by atoms with Gasteiger partial charge in [-0.3, -0.25) is 4.79 Å². The first-order valence-corrected chi connectivity index (χ1v) is 7.65. The second-order valence-corrected chi connectivity index (χ2v) is 5.63. The SMILES string of the molecule is CCc1cc(N2CC[C@@H](C(N)=O)C2)nnc1-c1ccccc1.